The summed E-state index contributed by atoms with van der Waals surface area (Å²) in [5.41, 5.74) is 7.91. The highest BCUT2D eigenvalue weighted by molar-refractivity contribution is 5.50. The van der Waals surface area contributed by atoms with Crippen LogP contribution in [0.4, 0.5) is 14.6 Å². The number of rotatable bonds is 4. The van der Waals surface area contributed by atoms with Gasteiger partial charge in [-0.15, -0.1) is 0 Å². The predicted octanol–water partition coefficient (Wildman–Crippen LogP) is 2.95. The van der Waals surface area contributed by atoms with E-state index in [4.69, 9.17) is 5.73 Å². The fourth-order valence-corrected chi connectivity index (χ4v) is 2.27. The molecule has 1 unspecified atom stereocenters. The molecule has 106 valence electrons. The molecule has 1 atom stereocenters. The SMILES string of the molecule is CCNC(c1ccc(F)cc1F)c1c(C)ccnc1N. The van der Waals surface area contributed by atoms with E-state index < -0.39 is 17.7 Å². The van der Waals surface area contributed by atoms with Crippen molar-refractivity contribution in [1.29, 1.82) is 0 Å². The van der Waals surface area contributed by atoms with E-state index >= 15 is 0 Å². The maximum absolute atomic E-state index is 14.0. The predicted molar refractivity (Wildman–Crippen MR) is 75.3 cm³/mol. The number of benzene rings is 1. The first-order valence-corrected chi connectivity index (χ1v) is 6.44. The Morgan fingerprint density at radius 2 is 2.05 bits per heavy atom. The van der Waals surface area contributed by atoms with E-state index in [-0.39, 0.29) is 0 Å². The van der Waals surface area contributed by atoms with Crippen LogP contribution < -0.4 is 11.1 Å². The molecule has 0 spiro atoms. The molecule has 3 N–H and O–H groups in total. The van der Waals surface area contributed by atoms with E-state index in [9.17, 15) is 8.78 Å². The lowest BCUT2D eigenvalue weighted by Gasteiger charge is -2.22. The monoisotopic (exact) mass is 277 g/mol. The number of anilines is 1. The van der Waals surface area contributed by atoms with Gasteiger partial charge in [0.25, 0.3) is 0 Å². The molecule has 0 amide bonds. The maximum atomic E-state index is 14.0. The van der Waals surface area contributed by atoms with Crippen LogP contribution in [0, 0.1) is 18.6 Å². The number of nitrogens with one attached hydrogen (secondary N) is 1. The van der Waals surface area contributed by atoms with Crippen LogP contribution in [0.25, 0.3) is 0 Å². The van der Waals surface area contributed by atoms with E-state index in [0.717, 1.165) is 17.2 Å². The molecule has 0 bridgehead atoms. The average Bonchev–Trinajstić information content (AvgIpc) is 2.38. The molecule has 1 aromatic carbocycles. The van der Waals surface area contributed by atoms with E-state index in [1.54, 1.807) is 6.20 Å². The van der Waals surface area contributed by atoms with Crippen LogP contribution in [0.15, 0.2) is 30.5 Å². The third kappa shape index (κ3) is 2.77. The summed E-state index contributed by atoms with van der Waals surface area (Å²) in [6.45, 7) is 4.42. The van der Waals surface area contributed by atoms with Crippen molar-refractivity contribution in [2.45, 2.75) is 19.9 Å². The first-order valence-electron chi connectivity index (χ1n) is 6.44. The van der Waals surface area contributed by atoms with Crippen molar-refractivity contribution >= 4 is 5.82 Å². The first kappa shape index (κ1) is 14.4. The summed E-state index contributed by atoms with van der Waals surface area (Å²) in [7, 11) is 0. The van der Waals surface area contributed by atoms with Crippen LogP contribution in [-0.2, 0) is 0 Å². The van der Waals surface area contributed by atoms with Crippen molar-refractivity contribution < 1.29 is 8.78 Å². The van der Waals surface area contributed by atoms with Gasteiger partial charge in [0.2, 0.25) is 0 Å². The topological polar surface area (TPSA) is 50.9 Å². The molecule has 0 fully saturated rings. The molecule has 1 aromatic heterocycles. The van der Waals surface area contributed by atoms with Crippen molar-refractivity contribution in [3.63, 3.8) is 0 Å². The number of nitrogens with zero attached hydrogens (tertiary/aromatic N) is 1. The number of halogens is 2. The normalized spacial score (nSPS) is 12.4. The van der Waals surface area contributed by atoms with Gasteiger partial charge < -0.3 is 11.1 Å². The Bertz CT molecular complexity index is 594. The highest BCUT2D eigenvalue weighted by Gasteiger charge is 2.21. The minimum Gasteiger partial charge on any atom is -0.383 e. The van der Waals surface area contributed by atoms with Crippen molar-refractivity contribution in [2.75, 3.05) is 12.3 Å². The highest BCUT2D eigenvalue weighted by atomic mass is 19.1. The quantitative estimate of drug-likeness (QED) is 0.903. The fraction of sp³-hybridized carbons (Fsp3) is 0.267. The van der Waals surface area contributed by atoms with Crippen molar-refractivity contribution in [3.8, 4) is 0 Å². The second-order valence-electron chi connectivity index (χ2n) is 4.58. The summed E-state index contributed by atoms with van der Waals surface area (Å²) in [5, 5.41) is 3.17. The molecule has 5 heteroatoms. The lowest BCUT2D eigenvalue weighted by molar-refractivity contribution is 0.540. The van der Waals surface area contributed by atoms with Gasteiger partial charge in [-0.05, 0) is 31.2 Å². The van der Waals surface area contributed by atoms with Crippen molar-refractivity contribution in [1.82, 2.24) is 10.3 Å². The summed E-state index contributed by atoms with van der Waals surface area (Å²) in [4.78, 5) is 4.06. The number of hydrogen-bond donors (Lipinski definition) is 2. The highest BCUT2D eigenvalue weighted by Crippen LogP contribution is 2.30. The average molecular weight is 277 g/mol. The Kier molecular flexibility index (Phi) is 4.29. The van der Waals surface area contributed by atoms with Crippen molar-refractivity contribution in [2.24, 2.45) is 0 Å². The zero-order chi connectivity index (χ0) is 14.7. The summed E-state index contributed by atoms with van der Waals surface area (Å²) in [5.74, 6) is -0.851. The summed E-state index contributed by atoms with van der Waals surface area (Å²) >= 11 is 0. The Morgan fingerprint density at radius 3 is 2.65 bits per heavy atom. The fourth-order valence-electron chi connectivity index (χ4n) is 2.27. The van der Waals surface area contributed by atoms with Crippen LogP contribution in [0.2, 0.25) is 0 Å². The summed E-state index contributed by atoms with van der Waals surface area (Å²) in [6.07, 6.45) is 1.61. The number of nitrogens with two attached hydrogens (primary N) is 1. The molecule has 0 saturated carbocycles. The van der Waals surface area contributed by atoms with E-state index in [1.807, 2.05) is 19.9 Å². The largest absolute Gasteiger partial charge is 0.383 e. The second kappa shape index (κ2) is 5.96. The van der Waals surface area contributed by atoms with E-state index in [1.165, 1.54) is 12.1 Å². The molecule has 3 nitrogen and oxygen atoms in total. The van der Waals surface area contributed by atoms with Gasteiger partial charge in [-0.3, -0.25) is 0 Å². The van der Waals surface area contributed by atoms with Crippen LogP contribution in [0.1, 0.15) is 29.7 Å². The van der Waals surface area contributed by atoms with Gasteiger partial charge in [-0.2, -0.15) is 0 Å². The van der Waals surface area contributed by atoms with Crippen molar-refractivity contribution in [3.05, 3.63) is 58.8 Å². The Balaban J connectivity index is 2.56. The van der Waals surface area contributed by atoms with Gasteiger partial charge in [0.1, 0.15) is 17.5 Å². The summed E-state index contributed by atoms with van der Waals surface area (Å²) < 4.78 is 27.1. The Hall–Kier alpha value is -2.01. The molecular weight excluding hydrogens is 260 g/mol. The molecule has 1 heterocycles. The molecular formula is C15H17F2N3. The van der Waals surface area contributed by atoms with Gasteiger partial charge in [0.05, 0.1) is 6.04 Å². The number of hydrogen-bond acceptors (Lipinski definition) is 3. The van der Waals surface area contributed by atoms with Gasteiger partial charge in [0, 0.05) is 23.4 Å². The van der Waals surface area contributed by atoms with Crippen LogP contribution in [0.3, 0.4) is 0 Å². The zero-order valence-corrected chi connectivity index (χ0v) is 11.5. The van der Waals surface area contributed by atoms with Crippen LogP contribution in [-0.4, -0.2) is 11.5 Å². The Morgan fingerprint density at radius 1 is 1.30 bits per heavy atom. The molecule has 20 heavy (non-hydrogen) atoms. The molecule has 0 aliphatic rings. The van der Waals surface area contributed by atoms with Gasteiger partial charge in [0.15, 0.2) is 0 Å². The molecule has 0 radical (unpaired) electrons. The number of aromatic nitrogens is 1. The van der Waals surface area contributed by atoms with Crippen LogP contribution >= 0.6 is 0 Å². The number of pyridine rings is 1. The molecule has 2 rings (SSSR count). The standard InChI is InChI=1S/C15H17F2N3/c1-3-19-14(11-5-4-10(16)8-12(11)17)13-9(2)6-7-20-15(13)18/h4-8,14,19H,3H2,1-2H3,(H2,18,20). The lowest BCUT2D eigenvalue weighted by atomic mass is 9.95. The van der Waals surface area contributed by atoms with Crippen LogP contribution in [0.5, 0.6) is 0 Å². The van der Waals surface area contributed by atoms with Gasteiger partial charge in [-0.1, -0.05) is 13.0 Å². The number of nitrogen functional groups attached to an aromatic ring is 1. The van der Waals surface area contributed by atoms with Gasteiger partial charge in [-0.25, -0.2) is 13.8 Å². The lowest BCUT2D eigenvalue weighted by Crippen LogP contribution is -2.25. The molecule has 0 aliphatic carbocycles. The van der Waals surface area contributed by atoms with Gasteiger partial charge >= 0.3 is 0 Å². The third-order valence-electron chi connectivity index (χ3n) is 3.21. The Labute approximate surface area is 116 Å². The third-order valence-corrected chi connectivity index (χ3v) is 3.21. The number of aryl methyl sites for hydroxylation is 1. The smallest absolute Gasteiger partial charge is 0.131 e. The molecule has 0 saturated heterocycles. The minimum atomic E-state index is -0.600. The molecule has 0 aliphatic heterocycles. The van der Waals surface area contributed by atoms with E-state index in [0.29, 0.717) is 17.9 Å². The minimum absolute atomic E-state index is 0.347. The molecule has 2 aromatic rings. The van der Waals surface area contributed by atoms with E-state index in [2.05, 4.69) is 10.3 Å². The summed E-state index contributed by atoms with van der Waals surface area (Å²) in [6, 6.07) is 4.92. The second-order valence-corrected chi connectivity index (χ2v) is 4.58. The zero-order valence-electron chi connectivity index (χ0n) is 11.5. The maximum Gasteiger partial charge on any atom is 0.131 e. The first-order chi connectivity index (χ1) is 9.54.